The van der Waals surface area contributed by atoms with Crippen molar-refractivity contribution in [1.29, 1.82) is 0 Å². The molecular formula is C16H13NO3. The molecule has 20 heavy (non-hydrogen) atoms. The largest absolute Gasteiger partial charge is 0.461 e. The summed E-state index contributed by atoms with van der Waals surface area (Å²) in [5.74, 6) is -0.0291. The number of ether oxygens (including phenoxy) is 1. The second kappa shape index (κ2) is 5.17. The van der Waals surface area contributed by atoms with Gasteiger partial charge in [0, 0.05) is 5.56 Å². The van der Waals surface area contributed by atoms with E-state index in [2.05, 4.69) is 4.98 Å². The molecular weight excluding hydrogens is 254 g/mol. The van der Waals surface area contributed by atoms with Gasteiger partial charge in [-0.25, -0.2) is 9.78 Å². The normalized spacial score (nSPS) is 10.7. The molecule has 3 aromatic rings. The highest BCUT2D eigenvalue weighted by Gasteiger charge is 2.19. The molecule has 0 atom stereocenters. The fourth-order valence-corrected chi connectivity index (χ4v) is 2.13. The summed E-state index contributed by atoms with van der Waals surface area (Å²) in [6.07, 6.45) is 1.26. The Hall–Kier alpha value is -2.62. The summed E-state index contributed by atoms with van der Waals surface area (Å²) in [6.45, 7) is 2.07. The van der Waals surface area contributed by atoms with Gasteiger partial charge in [-0.15, -0.1) is 0 Å². The van der Waals surface area contributed by atoms with Crippen molar-refractivity contribution in [2.45, 2.75) is 6.92 Å². The maximum absolute atomic E-state index is 11.8. The van der Waals surface area contributed by atoms with Crippen LogP contribution < -0.4 is 0 Å². The minimum absolute atomic E-state index is 0.210. The molecule has 0 aliphatic carbocycles. The molecule has 100 valence electrons. The summed E-state index contributed by atoms with van der Waals surface area (Å²) in [4.78, 5) is 15.8. The predicted octanol–water partition coefficient (Wildman–Crippen LogP) is 3.67. The molecule has 0 amide bonds. The molecule has 0 saturated heterocycles. The monoisotopic (exact) mass is 267 g/mol. The zero-order valence-corrected chi connectivity index (χ0v) is 11.0. The zero-order chi connectivity index (χ0) is 13.9. The molecule has 3 rings (SSSR count). The first-order valence-corrected chi connectivity index (χ1v) is 6.39. The number of nitrogens with zero attached hydrogens (tertiary/aromatic N) is 1. The summed E-state index contributed by atoms with van der Waals surface area (Å²) in [5, 5.41) is 2.21. The van der Waals surface area contributed by atoms with Gasteiger partial charge in [-0.3, -0.25) is 0 Å². The number of hydrogen-bond acceptors (Lipinski definition) is 4. The van der Waals surface area contributed by atoms with Crippen molar-refractivity contribution >= 4 is 16.7 Å². The summed E-state index contributed by atoms with van der Waals surface area (Å²) < 4.78 is 10.3. The number of fused-ring (bicyclic) bond motifs is 1. The number of aromatic nitrogens is 1. The third kappa shape index (κ3) is 2.16. The molecule has 0 saturated carbocycles. The van der Waals surface area contributed by atoms with Crippen LogP contribution in [0.2, 0.25) is 0 Å². The Labute approximate surface area is 116 Å². The minimum Gasteiger partial charge on any atom is -0.461 e. The first-order valence-electron chi connectivity index (χ1n) is 6.39. The topological polar surface area (TPSA) is 52.3 Å². The summed E-state index contributed by atoms with van der Waals surface area (Å²) >= 11 is 0. The Balaban J connectivity index is 2.07. The summed E-state index contributed by atoms with van der Waals surface area (Å²) in [5.41, 5.74) is 1.02. The van der Waals surface area contributed by atoms with E-state index in [-0.39, 0.29) is 5.69 Å². The maximum atomic E-state index is 11.8. The number of rotatable bonds is 3. The van der Waals surface area contributed by atoms with Gasteiger partial charge in [0.25, 0.3) is 0 Å². The fraction of sp³-hybridized carbons (Fsp3) is 0.125. The van der Waals surface area contributed by atoms with Gasteiger partial charge >= 0.3 is 5.97 Å². The second-order valence-corrected chi connectivity index (χ2v) is 4.31. The number of hydrogen-bond donors (Lipinski definition) is 0. The molecule has 4 heteroatoms. The van der Waals surface area contributed by atoms with Crippen molar-refractivity contribution in [1.82, 2.24) is 4.98 Å². The molecule has 0 aliphatic rings. The quantitative estimate of drug-likeness (QED) is 0.679. The highest BCUT2D eigenvalue weighted by atomic mass is 16.5. The van der Waals surface area contributed by atoms with Crippen LogP contribution in [-0.2, 0) is 4.74 Å². The molecule has 0 unspecified atom stereocenters. The SMILES string of the molecule is CCOC(=O)c1ncoc1-c1ccc2ccccc2c1. The number of esters is 1. The van der Waals surface area contributed by atoms with Crippen LogP contribution in [-0.4, -0.2) is 17.6 Å². The van der Waals surface area contributed by atoms with Crippen molar-refractivity contribution in [3.8, 4) is 11.3 Å². The van der Waals surface area contributed by atoms with E-state index in [0.717, 1.165) is 16.3 Å². The molecule has 0 bridgehead atoms. The molecule has 0 spiro atoms. The van der Waals surface area contributed by atoms with E-state index < -0.39 is 5.97 Å². The third-order valence-electron chi connectivity index (χ3n) is 3.05. The van der Waals surface area contributed by atoms with Crippen LogP contribution in [0.25, 0.3) is 22.1 Å². The first kappa shape index (κ1) is 12.4. The molecule has 0 N–H and O–H groups in total. The van der Waals surface area contributed by atoms with Gasteiger partial charge < -0.3 is 9.15 Å². The van der Waals surface area contributed by atoms with E-state index in [1.807, 2.05) is 42.5 Å². The molecule has 1 aromatic heterocycles. The van der Waals surface area contributed by atoms with Crippen molar-refractivity contribution in [3.63, 3.8) is 0 Å². The molecule has 0 radical (unpaired) electrons. The summed E-state index contributed by atoms with van der Waals surface area (Å²) in [7, 11) is 0. The van der Waals surface area contributed by atoms with Crippen LogP contribution in [0.4, 0.5) is 0 Å². The highest BCUT2D eigenvalue weighted by molar-refractivity contribution is 5.95. The molecule has 0 fully saturated rings. The molecule has 2 aromatic carbocycles. The van der Waals surface area contributed by atoms with Gasteiger partial charge in [-0.2, -0.15) is 0 Å². The Morgan fingerprint density at radius 2 is 2.00 bits per heavy atom. The van der Waals surface area contributed by atoms with Crippen molar-refractivity contribution in [3.05, 3.63) is 54.6 Å². The van der Waals surface area contributed by atoms with Gasteiger partial charge in [0.1, 0.15) is 0 Å². The van der Waals surface area contributed by atoms with Gasteiger partial charge in [0.15, 0.2) is 17.8 Å². The van der Waals surface area contributed by atoms with Crippen LogP contribution in [0.1, 0.15) is 17.4 Å². The number of oxazole rings is 1. The third-order valence-corrected chi connectivity index (χ3v) is 3.05. The lowest BCUT2D eigenvalue weighted by Crippen LogP contribution is -2.06. The van der Waals surface area contributed by atoms with E-state index >= 15 is 0 Å². The van der Waals surface area contributed by atoms with E-state index in [9.17, 15) is 4.79 Å². The highest BCUT2D eigenvalue weighted by Crippen LogP contribution is 2.27. The van der Waals surface area contributed by atoms with Crippen molar-refractivity contribution in [2.75, 3.05) is 6.61 Å². The Kier molecular flexibility index (Phi) is 3.21. The van der Waals surface area contributed by atoms with Gasteiger partial charge in [0.05, 0.1) is 6.61 Å². The van der Waals surface area contributed by atoms with Crippen LogP contribution in [0.3, 0.4) is 0 Å². The minimum atomic E-state index is -0.468. The van der Waals surface area contributed by atoms with Crippen molar-refractivity contribution in [2.24, 2.45) is 0 Å². The Bertz CT molecular complexity index is 761. The number of carbonyl (C=O) groups excluding carboxylic acids is 1. The lowest BCUT2D eigenvalue weighted by Gasteiger charge is -2.03. The summed E-state index contributed by atoms with van der Waals surface area (Å²) in [6, 6.07) is 13.9. The van der Waals surface area contributed by atoms with Crippen LogP contribution >= 0.6 is 0 Å². The van der Waals surface area contributed by atoms with Crippen LogP contribution in [0.5, 0.6) is 0 Å². The Morgan fingerprint density at radius 3 is 2.80 bits per heavy atom. The molecule has 1 heterocycles. The van der Waals surface area contributed by atoms with Gasteiger partial charge in [-0.1, -0.05) is 36.4 Å². The molecule has 4 nitrogen and oxygen atoms in total. The maximum Gasteiger partial charge on any atom is 0.360 e. The van der Waals surface area contributed by atoms with Crippen LogP contribution in [0.15, 0.2) is 53.3 Å². The number of carbonyl (C=O) groups is 1. The smallest absolute Gasteiger partial charge is 0.360 e. The second-order valence-electron chi connectivity index (χ2n) is 4.31. The van der Waals surface area contributed by atoms with E-state index in [4.69, 9.17) is 9.15 Å². The molecule has 0 aliphatic heterocycles. The average Bonchev–Trinajstić information content (AvgIpc) is 2.96. The van der Waals surface area contributed by atoms with E-state index in [1.54, 1.807) is 6.92 Å². The lowest BCUT2D eigenvalue weighted by molar-refractivity contribution is 0.0520. The van der Waals surface area contributed by atoms with Gasteiger partial charge in [-0.05, 0) is 23.8 Å². The zero-order valence-electron chi connectivity index (χ0n) is 11.0. The first-order chi connectivity index (χ1) is 9.79. The predicted molar refractivity (Wildman–Crippen MR) is 75.4 cm³/mol. The van der Waals surface area contributed by atoms with Gasteiger partial charge in [0.2, 0.25) is 0 Å². The lowest BCUT2D eigenvalue weighted by atomic mass is 10.0. The van der Waals surface area contributed by atoms with Crippen LogP contribution in [0, 0.1) is 0 Å². The van der Waals surface area contributed by atoms with E-state index in [1.165, 1.54) is 6.39 Å². The Morgan fingerprint density at radius 1 is 1.20 bits per heavy atom. The number of benzene rings is 2. The average molecular weight is 267 g/mol. The standard InChI is InChI=1S/C16H13NO3/c1-2-19-16(18)14-15(20-10-17-14)13-8-7-11-5-3-4-6-12(11)9-13/h3-10H,2H2,1H3. The van der Waals surface area contributed by atoms with E-state index in [0.29, 0.717) is 12.4 Å². The fourth-order valence-electron chi connectivity index (χ4n) is 2.13. The van der Waals surface area contributed by atoms with Crippen molar-refractivity contribution < 1.29 is 13.9 Å².